The van der Waals surface area contributed by atoms with Crippen molar-refractivity contribution in [2.75, 3.05) is 13.1 Å². The first-order chi connectivity index (χ1) is 8.34. The van der Waals surface area contributed by atoms with Crippen molar-refractivity contribution in [3.05, 3.63) is 35.4 Å². The van der Waals surface area contributed by atoms with Crippen LogP contribution in [0.1, 0.15) is 30.9 Å². The normalized spacial score (nSPS) is 26.8. The predicted octanol–water partition coefficient (Wildman–Crippen LogP) is 2.39. The summed E-state index contributed by atoms with van der Waals surface area (Å²) in [6, 6.07) is 9.59. The Morgan fingerprint density at radius 2 is 1.94 bits per heavy atom. The molecule has 0 saturated carbocycles. The first-order valence-corrected chi connectivity index (χ1v) is 6.86. The Morgan fingerprint density at radius 3 is 2.53 bits per heavy atom. The molecule has 2 aliphatic rings. The molecule has 2 aliphatic heterocycles. The number of hydrogen-bond acceptors (Lipinski definition) is 2. The Hall–Kier alpha value is -0.860. The second-order valence-electron chi connectivity index (χ2n) is 5.52. The average Bonchev–Trinajstić information content (AvgIpc) is 2.82. The van der Waals surface area contributed by atoms with Crippen molar-refractivity contribution in [1.82, 2.24) is 10.2 Å². The van der Waals surface area contributed by atoms with E-state index in [-0.39, 0.29) is 0 Å². The van der Waals surface area contributed by atoms with Crippen LogP contribution in [0.3, 0.4) is 0 Å². The van der Waals surface area contributed by atoms with E-state index in [1.54, 1.807) is 0 Å². The standard InChI is InChI=1S/C15H22N2/c1-12(13-7-4-8-16-9-13)17-10-14-5-2-3-6-15(14)11-17/h2-3,5-6,12-13,16H,4,7-11H2,1H3. The molecular weight excluding hydrogens is 208 g/mol. The van der Waals surface area contributed by atoms with E-state index in [1.165, 1.54) is 37.1 Å². The molecule has 3 rings (SSSR count). The summed E-state index contributed by atoms with van der Waals surface area (Å²) in [5, 5.41) is 3.53. The Bertz CT molecular complexity index is 357. The largest absolute Gasteiger partial charge is 0.316 e. The number of rotatable bonds is 2. The van der Waals surface area contributed by atoms with Crippen LogP contribution >= 0.6 is 0 Å². The Kier molecular flexibility index (Phi) is 3.17. The zero-order valence-electron chi connectivity index (χ0n) is 10.7. The average molecular weight is 230 g/mol. The Balaban J connectivity index is 1.67. The van der Waals surface area contributed by atoms with Crippen LogP contribution in [0.2, 0.25) is 0 Å². The fourth-order valence-electron chi connectivity index (χ4n) is 3.24. The van der Waals surface area contributed by atoms with Crippen LogP contribution in [0, 0.1) is 5.92 Å². The second kappa shape index (κ2) is 4.79. The maximum Gasteiger partial charge on any atom is 0.0243 e. The highest BCUT2D eigenvalue weighted by molar-refractivity contribution is 5.30. The molecule has 2 heteroatoms. The molecule has 0 radical (unpaired) electrons. The molecule has 0 bridgehead atoms. The van der Waals surface area contributed by atoms with Crippen LogP contribution in [-0.4, -0.2) is 24.0 Å². The van der Waals surface area contributed by atoms with Gasteiger partial charge in [0.2, 0.25) is 0 Å². The molecule has 1 fully saturated rings. The topological polar surface area (TPSA) is 15.3 Å². The van der Waals surface area contributed by atoms with Gasteiger partial charge in [0.25, 0.3) is 0 Å². The van der Waals surface area contributed by atoms with Gasteiger partial charge in [0.05, 0.1) is 0 Å². The maximum absolute atomic E-state index is 3.53. The van der Waals surface area contributed by atoms with Gasteiger partial charge in [0.1, 0.15) is 0 Å². The van der Waals surface area contributed by atoms with Crippen molar-refractivity contribution in [3.8, 4) is 0 Å². The molecule has 2 heterocycles. The van der Waals surface area contributed by atoms with Gasteiger partial charge in [-0.2, -0.15) is 0 Å². The second-order valence-corrected chi connectivity index (χ2v) is 5.52. The molecule has 17 heavy (non-hydrogen) atoms. The summed E-state index contributed by atoms with van der Waals surface area (Å²) >= 11 is 0. The van der Waals surface area contributed by atoms with E-state index in [0.717, 1.165) is 19.0 Å². The molecule has 1 saturated heterocycles. The monoisotopic (exact) mass is 230 g/mol. The highest BCUT2D eigenvalue weighted by Gasteiger charge is 2.28. The summed E-state index contributed by atoms with van der Waals surface area (Å²) in [6.45, 7) is 7.11. The van der Waals surface area contributed by atoms with Gasteiger partial charge in [-0.25, -0.2) is 0 Å². The van der Waals surface area contributed by atoms with Crippen LogP contribution in [0.5, 0.6) is 0 Å². The fraction of sp³-hybridized carbons (Fsp3) is 0.600. The maximum atomic E-state index is 3.53. The highest BCUT2D eigenvalue weighted by Crippen LogP contribution is 2.28. The molecule has 0 amide bonds. The van der Waals surface area contributed by atoms with Gasteiger partial charge in [0.15, 0.2) is 0 Å². The minimum atomic E-state index is 0.704. The van der Waals surface area contributed by atoms with E-state index in [4.69, 9.17) is 0 Å². The number of nitrogens with one attached hydrogen (secondary N) is 1. The molecule has 0 spiro atoms. The molecule has 0 aliphatic carbocycles. The van der Waals surface area contributed by atoms with Gasteiger partial charge in [0, 0.05) is 19.1 Å². The molecule has 2 atom stereocenters. The molecule has 2 nitrogen and oxygen atoms in total. The van der Waals surface area contributed by atoms with Crippen molar-refractivity contribution in [2.45, 2.75) is 38.9 Å². The highest BCUT2D eigenvalue weighted by atomic mass is 15.2. The van der Waals surface area contributed by atoms with E-state index >= 15 is 0 Å². The number of benzene rings is 1. The van der Waals surface area contributed by atoms with Crippen LogP contribution in [-0.2, 0) is 13.1 Å². The van der Waals surface area contributed by atoms with Crippen molar-refractivity contribution in [3.63, 3.8) is 0 Å². The van der Waals surface area contributed by atoms with Gasteiger partial charge >= 0.3 is 0 Å². The number of fused-ring (bicyclic) bond motifs is 1. The van der Waals surface area contributed by atoms with Gasteiger partial charge in [-0.05, 0) is 49.9 Å². The quantitative estimate of drug-likeness (QED) is 0.839. The molecule has 92 valence electrons. The first kappa shape index (κ1) is 11.2. The number of nitrogens with zero attached hydrogens (tertiary/aromatic N) is 1. The van der Waals surface area contributed by atoms with Crippen molar-refractivity contribution >= 4 is 0 Å². The third kappa shape index (κ3) is 2.24. The molecule has 0 aromatic heterocycles. The predicted molar refractivity (Wildman–Crippen MR) is 70.7 cm³/mol. The number of piperidine rings is 1. The first-order valence-electron chi connectivity index (χ1n) is 6.86. The number of hydrogen-bond donors (Lipinski definition) is 1. The van der Waals surface area contributed by atoms with Gasteiger partial charge < -0.3 is 5.32 Å². The summed E-state index contributed by atoms with van der Waals surface area (Å²) in [6.07, 6.45) is 2.73. The van der Waals surface area contributed by atoms with Crippen molar-refractivity contribution in [2.24, 2.45) is 5.92 Å². The van der Waals surface area contributed by atoms with Gasteiger partial charge in [-0.1, -0.05) is 24.3 Å². The van der Waals surface area contributed by atoms with Crippen molar-refractivity contribution in [1.29, 1.82) is 0 Å². The third-order valence-electron chi connectivity index (χ3n) is 4.46. The lowest BCUT2D eigenvalue weighted by Gasteiger charge is -2.34. The van der Waals surface area contributed by atoms with Gasteiger partial charge in [-0.3, -0.25) is 4.90 Å². The lowest BCUT2D eigenvalue weighted by molar-refractivity contribution is 0.136. The SMILES string of the molecule is CC(C1CCCNC1)N1Cc2ccccc2C1. The van der Waals surface area contributed by atoms with E-state index in [0.29, 0.717) is 6.04 Å². The van der Waals surface area contributed by atoms with E-state index in [1.807, 2.05) is 0 Å². The van der Waals surface area contributed by atoms with Crippen LogP contribution in [0.4, 0.5) is 0 Å². The van der Waals surface area contributed by atoms with Gasteiger partial charge in [-0.15, -0.1) is 0 Å². The zero-order chi connectivity index (χ0) is 11.7. The Labute approximate surface area is 104 Å². The molecular formula is C15H22N2. The molecule has 1 aromatic rings. The molecule has 1 aromatic carbocycles. The van der Waals surface area contributed by atoms with E-state index in [9.17, 15) is 0 Å². The summed E-state index contributed by atoms with van der Waals surface area (Å²) in [5.74, 6) is 0.832. The fourth-order valence-corrected chi connectivity index (χ4v) is 3.24. The minimum absolute atomic E-state index is 0.704. The lowest BCUT2D eigenvalue weighted by atomic mass is 9.92. The summed E-state index contributed by atoms with van der Waals surface area (Å²) in [5.41, 5.74) is 3.06. The third-order valence-corrected chi connectivity index (χ3v) is 4.46. The van der Waals surface area contributed by atoms with Crippen LogP contribution < -0.4 is 5.32 Å². The summed E-state index contributed by atoms with van der Waals surface area (Å²) in [7, 11) is 0. The van der Waals surface area contributed by atoms with Crippen LogP contribution in [0.15, 0.2) is 24.3 Å². The summed E-state index contributed by atoms with van der Waals surface area (Å²) < 4.78 is 0. The summed E-state index contributed by atoms with van der Waals surface area (Å²) in [4.78, 5) is 2.64. The lowest BCUT2D eigenvalue weighted by Crippen LogP contribution is -2.42. The van der Waals surface area contributed by atoms with Crippen LogP contribution in [0.25, 0.3) is 0 Å². The Morgan fingerprint density at radius 1 is 1.24 bits per heavy atom. The zero-order valence-corrected chi connectivity index (χ0v) is 10.7. The van der Waals surface area contributed by atoms with E-state index in [2.05, 4.69) is 41.4 Å². The molecule has 2 unspecified atom stereocenters. The molecule has 1 N–H and O–H groups in total. The van der Waals surface area contributed by atoms with Crippen molar-refractivity contribution < 1.29 is 0 Å². The van der Waals surface area contributed by atoms with E-state index < -0.39 is 0 Å². The minimum Gasteiger partial charge on any atom is -0.316 e. The smallest absolute Gasteiger partial charge is 0.0243 e.